The zero-order valence-electron chi connectivity index (χ0n) is 4.99. The fourth-order valence-corrected chi connectivity index (χ4v) is 0.285. The smallest absolute Gasteiger partial charge is 0.312 e. The molecule has 0 spiro atoms. The number of carbonyl (C=O) groups excluding carboxylic acids is 1. The molecule has 5 nitrogen and oxygen atoms in total. The topological polar surface area (TPSA) is 69.4 Å². The van der Waals surface area contributed by atoms with Crippen molar-refractivity contribution in [3.05, 3.63) is 10.1 Å². The maximum absolute atomic E-state index is 10.2. The van der Waals surface area contributed by atoms with Crippen LogP contribution in [-0.2, 0) is 9.53 Å². The first kappa shape index (κ1) is 7.87. The Morgan fingerprint density at radius 3 is 2.67 bits per heavy atom. The Kier molecular flexibility index (Phi) is 3.34. The molecule has 0 aliphatic carbocycles. The van der Waals surface area contributed by atoms with Gasteiger partial charge in [-0.1, -0.05) is 0 Å². The number of rotatable bonds is 3. The standard InChI is InChI=1S/C4H7NO4/c1-9-4(6)2-3-5(7)8/h2-3H2,1H3. The van der Waals surface area contributed by atoms with Crippen LogP contribution < -0.4 is 0 Å². The first-order chi connectivity index (χ1) is 4.16. The average molecular weight is 133 g/mol. The van der Waals surface area contributed by atoms with E-state index in [4.69, 9.17) is 0 Å². The van der Waals surface area contributed by atoms with E-state index in [1.54, 1.807) is 0 Å². The third-order valence-electron chi connectivity index (χ3n) is 0.726. The summed E-state index contributed by atoms with van der Waals surface area (Å²) >= 11 is 0. The fourth-order valence-electron chi connectivity index (χ4n) is 0.285. The van der Waals surface area contributed by atoms with E-state index in [9.17, 15) is 14.9 Å². The molecule has 0 rings (SSSR count). The highest BCUT2D eigenvalue weighted by atomic mass is 16.6. The van der Waals surface area contributed by atoms with Crippen LogP contribution in [0.3, 0.4) is 0 Å². The van der Waals surface area contributed by atoms with Crippen molar-refractivity contribution in [3.8, 4) is 0 Å². The summed E-state index contributed by atoms with van der Waals surface area (Å²) in [5, 5.41) is 9.62. The minimum absolute atomic E-state index is 0.149. The molecule has 0 fully saturated rings. The van der Waals surface area contributed by atoms with Gasteiger partial charge in [-0.3, -0.25) is 14.9 Å². The lowest BCUT2D eigenvalue weighted by Crippen LogP contribution is -2.08. The number of nitro groups is 1. The molecule has 0 atom stereocenters. The van der Waals surface area contributed by atoms with Gasteiger partial charge in [0.05, 0.1) is 7.11 Å². The molecule has 0 N–H and O–H groups in total. The second-order valence-electron chi connectivity index (χ2n) is 1.38. The maximum atomic E-state index is 10.2. The molecule has 0 saturated carbocycles. The molecular weight excluding hydrogens is 126 g/mol. The molecule has 0 aromatic rings. The van der Waals surface area contributed by atoms with Crippen LogP contribution >= 0.6 is 0 Å². The Morgan fingerprint density at radius 1 is 1.78 bits per heavy atom. The van der Waals surface area contributed by atoms with Crippen molar-refractivity contribution >= 4 is 5.97 Å². The van der Waals surface area contributed by atoms with E-state index < -0.39 is 10.9 Å². The van der Waals surface area contributed by atoms with Crippen LogP contribution in [-0.4, -0.2) is 24.5 Å². The van der Waals surface area contributed by atoms with Gasteiger partial charge in [-0.15, -0.1) is 0 Å². The molecule has 52 valence electrons. The number of hydrogen-bond donors (Lipinski definition) is 0. The summed E-state index contributed by atoms with van der Waals surface area (Å²) < 4.78 is 4.16. The monoisotopic (exact) mass is 133 g/mol. The van der Waals surface area contributed by atoms with E-state index in [1.807, 2.05) is 0 Å². The molecule has 0 heterocycles. The van der Waals surface area contributed by atoms with Crippen LogP contribution in [0.4, 0.5) is 0 Å². The lowest BCUT2D eigenvalue weighted by Gasteiger charge is -1.91. The van der Waals surface area contributed by atoms with Gasteiger partial charge in [0, 0.05) is 4.92 Å². The Hall–Kier alpha value is -1.13. The number of nitrogens with zero attached hydrogens (tertiary/aromatic N) is 1. The highest BCUT2D eigenvalue weighted by molar-refractivity contribution is 5.69. The maximum Gasteiger partial charge on any atom is 0.312 e. The van der Waals surface area contributed by atoms with Crippen molar-refractivity contribution in [2.24, 2.45) is 0 Å². The van der Waals surface area contributed by atoms with Crippen LogP contribution in [0.2, 0.25) is 0 Å². The second kappa shape index (κ2) is 3.82. The van der Waals surface area contributed by atoms with E-state index in [-0.39, 0.29) is 13.0 Å². The summed E-state index contributed by atoms with van der Waals surface area (Å²) in [5.41, 5.74) is 0. The molecule has 0 amide bonds. The highest BCUT2D eigenvalue weighted by Gasteiger charge is 2.04. The minimum atomic E-state index is -0.559. The Labute approximate surface area is 51.8 Å². The van der Waals surface area contributed by atoms with Crippen LogP contribution in [0, 0.1) is 10.1 Å². The average Bonchev–Trinajstić information content (AvgIpc) is 1.83. The Morgan fingerprint density at radius 2 is 2.33 bits per heavy atom. The second-order valence-corrected chi connectivity index (χ2v) is 1.38. The van der Waals surface area contributed by atoms with Crippen molar-refractivity contribution in [1.82, 2.24) is 0 Å². The molecule has 0 aromatic heterocycles. The van der Waals surface area contributed by atoms with Crippen LogP contribution in [0.5, 0.6) is 0 Å². The summed E-state index contributed by atoms with van der Waals surface area (Å²) in [7, 11) is 1.20. The summed E-state index contributed by atoms with van der Waals surface area (Å²) in [6, 6.07) is 0. The molecular formula is C4H7NO4. The third kappa shape index (κ3) is 4.73. The Bertz CT molecular complexity index is 122. The fraction of sp³-hybridized carbons (Fsp3) is 0.750. The normalized spacial score (nSPS) is 8.56. The zero-order chi connectivity index (χ0) is 7.28. The van der Waals surface area contributed by atoms with Gasteiger partial charge in [-0.2, -0.15) is 0 Å². The number of carbonyl (C=O) groups is 1. The van der Waals surface area contributed by atoms with E-state index >= 15 is 0 Å². The van der Waals surface area contributed by atoms with Gasteiger partial charge in [0.15, 0.2) is 0 Å². The molecule has 0 radical (unpaired) electrons. The SMILES string of the molecule is COC(=O)CC[N+](=O)[O-]. The molecule has 0 aliphatic rings. The molecule has 0 aromatic carbocycles. The molecule has 9 heavy (non-hydrogen) atoms. The van der Waals surface area contributed by atoms with E-state index in [2.05, 4.69) is 4.74 Å². The molecule has 0 unspecified atom stereocenters. The van der Waals surface area contributed by atoms with Gasteiger partial charge in [-0.05, 0) is 0 Å². The van der Waals surface area contributed by atoms with Gasteiger partial charge in [-0.25, -0.2) is 0 Å². The van der Waals surface area contributed by atoms with Crippen molar-refractivity contribution in [1.29, 1.82) is 0 Å². The largest absolute Gasteiger partial charge is 0.469 e. The van der Waals surface area contributed by atoms with Gasteiger partial charge in [0.1, 0.15) is 6.42 Å². The van der Waals surface area contributed by atoms with Gasteiger partial charge < -0.3 is 4.74 Å². The van der Waals surface area contributed by atoms with Crippen LogP contribution in [0.1, 0.15) is 6.42 Å². The third-order valence-corrected chi connectivity index (χ3v) is 0.726. The summed E-state index contributed by atoms with van der Waals surface area (Å²) in [6.45, 7) is -0.354. The van der Waals surface area contributed by atoms with Crippen molar-refractivity contribution in [2.45, 2.75) is 6.42 Å². The van der Waals surface area contributed by atoms with Crippen molar-refractivity contribution < 1.29 is 14.5 Å². The minimum Gasteiger partial charge on any atom is -0.469 e. The lowest BCUT2D eigenvalue weighted by molar-refractivity contribution is -0.478. The summed E-state index contributed by atoms with van der Waals surface area (Å²) in [6.07, 6.45) is -0.149. The predicted octanol–water partition coefficient (Wildman–Crippen LogP) is -0.174. The molecule has 0 bridgehead atoms. The number of ether oxygens (including phenoxy) is 1. The van der Waals surface area contributed by atoms with Crippen LogP contribution in [0.15, 0.2) is 0 Å². The Balaban J connectivity index is 3.28. The highest BCUT2D eigenvalue weighted by Crippen LogP contribution is 1.82. The first-order valence-corrected chi connectivity index (χ1v) is 2.35. The molecule has 0 saturated heterocycles. The number of hydrogen-bond acceptors (Lipinski definition) is 4. The summed E-state index contributed by atoms with van der Waals surface area (Å²) in [4.78, 5) is 19.2. The van der Waals surface area contributed by atoms with E-state index in [0.29, 0.717) is 0 Å². The molecule has 0 aliphatic heterocycles. The van der Waals surface area contributed by atoms with Crippen LogP contribution in [0.25, 0.3) is 0 Å². The van der Waals surface area contributed by atoms with Gasteiger partial charge in [0.25, 0.3) is 0 Å². The number of esters is 1. The molecule has 5 heteroatoms. The summed E-state index contributed by atoms with van der Waals surface area (Å²) in [5.74, 6) is -0.549. The zero-order valence-corrected chi connectivity index (χ0v) is 4.99. The first-order valence-electron chi connectivity index (χ1n) is 2.35. The predicted molar refractivity (Wildman–Crippen MR) is 28.5 cm³/mol. The van der Waals surface area contributed by atoms with Gasteiger partial charge in [0.2, 0.25) is 6.54 Å². The van der Waals surface area contributed by atoms with E-state index in [1.165, 1.54) is 7.11 Å². The van der Waals surface area contributed by atoms with E-state index in [0.717, 1.165) is 0 Å². The van der Waals surface area contributed by atoms with Crippen molar-refractivity contribution in [2.75, 3.05) is 13.7 Å². The van der Waals surface area contributed by atoms with Crippen molar-refractivity contribution in [3.63, 3.8) is 0 Å². The number of methoxy groups -OCH3 is 1. The lowest BCUT2D eigenvalue weighted by atomic mass is 10.4. The quantitative estimate of drug-likeness (QED) is 0.304. The van der Waals surface area contributed by atoms with Gasteiger partial charge >= 0.3 is 5.97 Å².